The van der Waals surface area contributed by atoms with E-state index in [9.17, 15) is 5.11 Å². The van der Waals surface area contributed by atoms with E-state index >= 15 is 0 Å². The highest BCUT2D eigenvalue weighted by Crippen LogP contribution is 2.22. The number of aromatic nitrogens is 3. The quantitative estimate of drug-likeness (QED) is 0.779. The van der Waals surface area contributed by atoms with E-state index in [1.807, 2.05) is 6.92 Å². The van der Waals surface area contributed by atoms with Crippen molar-refractivity contribution >= 4 is 26.9 Å². The van der Waals surface area contributed by atoms with E-state index in [0.717, 1.165) is 10.5 Å². The standard InChI is InChI=1S/C9H12N4O2S/c1-3-15-9(14)13-8-12-6-7(16-8)11-5(2)4-10-6/h4,9,14H,3H2,1-2H3,(H,10,12,13). The van der Waals surface area contributed by atoms with Crippen LogP contribution in [0, 0.1) is 6.92 Å². The van der Waals surface area contributed by atoms with Crippen LogP contribution in [0.1, 0.15) is 12.6 Å². The normalized spacial score (nSPS) is 12.9. The van der Waals surface area contributed by atoms with Crippen molar-refractivity contribution in [3.8, 4) is 0 Å². The molecule has 0 aliphatic rings. The SMILES string of the molecule is CCOC(O)Nc1nc2ncc(C)nc2s1. The second kappa shape index (κ2) is 4.69. The molecule has 2 rings (SSSR count). The van der Waals surface area contributed by atoms with Crippen LogP contribution >= 0.6 is 11.3 Å². The van der Waals surface area contributed by atoms with Crippen LogP contribution < -0.4 is 5.32 Å². The van der Waals surface area contributed by atoms with Crippen molar-refractivity contribution in [2.45, 2.75) is 20.3 Å². The van der Waals surface area contributed by atoms with Gasteiger partial charge in [-0.25, -0.2) is 9.97 Å². The average Bonchev–Trinajstić information content (AvgIpc) is 2.59. The van der Waals surface area contributed by atoms with Gasteiger partial charge in [-0.2, -0.15) is 4.98 Å². The van der Waals surface area contributed by atoms with Gasteiger partial charge in [0.15, 0.2) is 15.6 Å². The largest absolute Gasteiger partial charge is 0.351 e. The zero-order valence-electron chi connectivity index (χ0n) is 8.97. The molecule has 0 aromatic carbocycles. The number of ether oxygens (including phenoxy) is 1. The molecular weight excluding hydrogens is 228 g/mol. The molecule has 0 bridgehead atoms. The van der Waals surface area contributed by atoms with Crippen LogP contribution in [0.4, 0.5) is 5.13 Å². The fraction of sp³-hybridized carbons (Fsp3) is 0.444. The zero-order chi connectivity index (χ0) is 11.5. The number of aryl methyl sites for hydroxylation is 1. The van der Waals surface area contributed by atoms with Crippen molar-refractivity contribution in [2.75, 3.05) is 11.9 Å². The Bertz CT molecular complexity index is 487. The third-order valence-electron chi connectivity index (χ3n) is 1.82. The van der Waals surface area contributed by atoms with E-state index in [4.69, 9.17) is 4.74 Å². The number of fused-ring (bicyclic) bond motifs is 1. The van der Waals surface area contributed by atoms with Crippen LogP contribution in [0.15, 0.2) is 6.20 Å². The fourth-order valence-electron chi connectivity index (χ4n) is 1.17. The van der Waals surface area contributed by atoms with Crippen molar-refractivity contribution in [3.05, 3.63) is 11.9 Å². The molecular formula is C9H12N4O2S. The molecule has 0 aliphatic carbocycles. The second-order valence-electron chi connectivity index (χ2n) is 3.11. The van der Waals surface area contributed by atoms with Crippen molar-refractivity contribution in [1.29, 1.82) is 0 Å². The lowest BCUT2D eigenvalue weighted by Gasteiger charge is -2.09. The van der Waals surface area contributed by atoms with E-state index in [2.05, 4.69) is 20.3 Å². The molecule has 86 valence electrons. The number of rotatable bonds is 4. The Balaban J connectivity index is 2.19. The first-order valence-electron chi connectivity index (χ1n) is 4.85. The van der Waals surface area contributed by atoms with Gasteiger partial charge < -0.3 is 15.2 Å². The minimum Gasteiger partial charge on any atom is -0.351 e. The molecule has 0 saturated heterocycles. The lowest BCUT2D eigenvalue weighted by atomic mass is 10.5. The maximum absolute atomic E-state index is 9.37. The lowest BCUT2D eigenvalue weighted by molar-refractivity contribution is -0.0730. The predicted octanol–water partition coefficient (Wildman–Crippen LogP) is 1.12. The summed E-state index contributed by atoms with van der Waals surface area (Å²) in [7, 11) is 0. The molecule has 0 saturated carbocycles. The molecule has 0 spiro atoms. The Morgan fingerprint density at radius 3 is 3.12 bits per heavy atom. The van der Waals surface area contributed by atoms with Crippen LogP contribution in [-0.2, 0) is 4.74 Å². The van der Waals surface area contributed by atoms with Crippen LogP contribution in [0.25, 0.3) is 10.5 Å². The summed E-state index contributed by atoms with van der Waals surface area (Å²) in [5.41, 5.74) is 1.41. The molecule has 1 unspecified atom stereocenters. The second-order valence-corrected chi connectivity index (χ2v) is 4.09. The molecule has 0 radical (unpaired) electrons. The van der Waals surface area contributed by atoms with Crippen LogP contribution in [0.2, 0.25) is 0 Å². The Labute approximate surface area is 96.3 Å². The molecule has 0 fully saturated rings. The topological polar surface area (TPSA) is 80.2 Å². The van der Waals surface area contributed by atoms with Gasteiger partial charge >= 0.3 is 0 Å². The summed E-state index contributed by atoms with van der Waals surface area (Å²) in [6.07, 6.45) is 0.608. The number of nitrogens with zero attached hydrogens (tertiary/aromatic N) is 3. The Morgan fingerprint density at radius 2 is 2.38 bits per heavy atom. The smallest absolute Gasteiger partial charge is 0.237 e. The highest BCUT2D eigenvalue weighted by Gasteiger charge is 2.09. The minimum atomic E-state index is -1.05. The van der Waals surface area contributed by atoms with E-state index in [1.54, 1.807) is 13.1 Å². The van der Waals surface area contributed by atoms with Crippen molar-refractivity contribution in [2.24, 2.45) is 0 Å². The molecule has 2 N–H and O–H groups in total. The van der Waals surface area contributed by atoms with Gasteiger partial charge in [-0.3, -0.25) is 0 Å². The van der Waals surface area contributed by atoms with Crippen molar-refractivity contribution < 1.29 is 9.84 Å². The highest BCUT2D eigenvalue weighted by molar-refractivity contribution is 7.21. The summed E-state index contributed by atoms with van der Waals surface area (Å²) in [6.45, 7) is 4.10. The molecule has 2 aromatic rings. The van der Waals surface area contributed by atoms with Crippen molar-refractivity contribution in [3.63, 3.8) is 0 Å². The summed E-state index contributed by atoms with van der Waals surface area (Å²) in [5.74, 6) is 0. The van der Waals surface area contributed by atoms with E-state index < -0.39 is 6.41 Å². The first kappa shape index (κ1) is 11.2. The molecule has 2 heterocycles. The van der Waals surface area contributed by atoms with Crippen LogP contribution in [-0.4, -0.2) is 33.1 Å². The van der Waals surface area contributed by atoms with Crippen LogP contribution in [0.3, 0.4) is 0 Å². The predicted molar refractivity (Wildman–Crippen MR) is 61.2 cm³/mol. The summed E-state index contributed by atoms with van der Waals surface area (Å²) in [6, 6.07) is 0. The van der Waals surface area contributed by atoms with Crippen LogP contribution in [0.5, 0.6) is 0 Å². The lowest BCUT2D eigenvalue weighted by Crippen LogP contribution is -2.21. The van der Waals surface area contributed by atoms with Gasteiger partial charge in [0.1, 0.15) is 0 Å². The fourth-order valence-corrected chi connectivity index (χ4v) is 2.03. The zero-order valence-corrected chi connectivity index (χ0v) is 9.78. The number of hydrogen-bond acceptors (Lipinski definition) is 7. The first-order chi connectivity index (χ1) is 7.69. The van der Waals surface area contributed by atoms with Gasteiger partial charge in [-0.05, 0) is 13.8 Å². The monoisotopic (exact) mass is 240 g/mol. The number of anilines is 1. The Hall–Kier alpha value is -1.31. The molecule has 7 heteroatoms. The number of aliphatic hydroxyl groups is 1. The summed E-state index contributed by atoms with van der Waals surface area (Å²) in [5, 5.41) is 12.6. The third-order valence-corrected chi connectivity index (χ3v) is 2.68. The van der Waals surface area contributed by atoms with Gasteiger partial charge in [0, 0.05) is 6.61 Å². The Kier molecular flexibility index (Phi) is 3.28. The van der Waals surface area contributed by atoms with Gasteiger partial charge in [-0.15, -0.1) is 0 Å². The van der Waals surface area contributed by atoms with Gasteiger partial charge in [-0.1, -0.05) is 11.3 Å². The van der Waals surface area contributed by atoms with E-state index in [1.165, 1.54) is 11.3 Å². The third kappa shape index (κ3) is 2.43. The summed E-state index contributed by atoms with van der Waals surface area (Å²) >= 11 is 1.33. The number of hydrogen-bond donors (Lipinski definition) is 2. The number of nitrogens with one attached hydrogen (secondary N) is 1. The van der Waals surface area contributed by atoms with Gasteiger partial charge in [0.25, 0.3) is 0 Å². The van der Waals surface area contributed by atoms with Gasteiger partial charge in [0.2, 0.25) is 6.41 Å². The van der Waals surface area contributed by atoms with E-state index in [-0.39, 0.29) is 0 Å². The Morgan fingerprint density at radius 1 is 1.56 bits per heavy atom. The van der Waals surface area contributed by atoms with E-state index in [0.29, 0.717) is 17.4 Å². The van der Waals surface area contributed by atoms with Crippen molar-refractivity contribution in [1.82, 2.24) is 15.0 Å². The average molecular weight is 240 g/mol. The molecule has 0 aliphatic heterocycles. The minimum absolute atomic E-state index is 0.425. The molecule has 2 aromatic heterocycles. The highest BCUT2D eigenvalue weighted by atomic mass is 32.1. The maximum Gasteiger partial charge on any atom is 0.237 e. The molecule has 0 amide bonds. The molecule has 16 heavy (non-hydrogen) atoms. The molecule has 6 nitrogen and oxygen atoms in total. The maximum atomic E-state index is 9.37. The first-order valence-corrected chi connectivity index (χ1v) is 5.67. The number of aliphatic hydroxyl groups excluding tert-OH is 1. The number of thiazole rings is 1. The summed E-state index contributed by atoms with van der Waals surface area (Å²) < 4.78 is 4.94. The molecule has 1 atom stereocenters. The van der Waals surface area contributed by atoms with Gasteiger partial charge in [0.05, 0.1) is 11.9 Å². The summed E-state index contributed by atoms with van der Waals surface area (Å²) in [4.78, 5) is 13.3.